The van der Waals surface area contributed by atoms with Crippen LogP contribution >= 0.6 is 0 Å². The molecule has 1 fully saturated rings. The van der Waals surface area contributed by atoms with E-state index in [1.165, 1.54) is 4.31 Å². The molecule has 0 saturated carbocycles. The Morgan fingerprint density at radius 2 is 1.66 bits per heavy atom. The standard InChI is InChI=1S/C31H36N10O2S/c1-37(2)44(42,43)40-13-11-26(12-14-40)41-19-21(16-34-41)15-28-32-17-24-9-10-27-29(30(24)35-28)31(39(4)36-27)23-7-5-22(6-8-23)25-18-33-38(3)20-25/h5-8,16-20,26H,9-15H2,1-4H3. The van der Waals surface area contributed by atoms with Crippen molar-refractivity contribution in [3.8, 4) is 33.6 Å². The van der Waals surface area contributed by atoms with Crippen molar-refractivity contribution in [1.82, 2.24) is 47.9 Å². The Kier molecular flexibility index (Phi) is 7.18. The number of hydrogen-bond acceptors (Lipinski definition) is 7. The van der Waals surface area contributed by atoms with Crippen LogP contribution in [0.3, 0.4) is 0 Å². The van der Waals surface area contributed by atoms with Crippen LogP contribution in [0.15, 0.2) is 55.2 Å². The van der Waals surface area contributed by atoms with Crippen molar-refractivity contribution in [3.05, 3.63) is 77.9 Å². The third-order valence-corrected chi connectivity index (χ3v) is 10.6. The number of hydrogen-bond donors (Lipinski definition) is 0. The van der Waals surface area contributed by atoms with E-state index in [4.69, 9.17) is 15.1 Å². The Labute approximate surface area is 257 Å². The molecule has 0 bridgehead atoms. The highest BCUT2D eigenvalue weighted by atomic mass is 32.2. The second-order valence-corrected chi connectivity index (χ2v) is 14.0. The predicted octanol–water partition coefficient (Wildman–Crippen LogP) is 3.27. The van der Waals surface area contributed by atoms with Crippen LogP contribution in [0, 0.1) is 0 Å². The van der Waals surface area contributed by atoms with Gasteiger partial charge in [-0.25, -0.2) is 9.97 Å². The summed E-state index contributed by atoms with van der Waals surface area (Å²) in [6.45, 7) is 0.965. The van der Waals surface area contributed by atoms with E-state index in [9.17, 15) is 8.42 Å². The topological polar surface area (TPSA) is 120 Å². The number of aryl methyl sites for hydroxylation is 4. The van der Waals surface area contributed by atoms with E-state index in [0.29, 0.717) is 19.5 Å². The monoisotopic (exact) mass is 612 g/mol. The summed E-state index contributed by atoms with van der Waals surface area (Å²) in [5, 5.41) is 13.8. The predicted molar refractivity (Wildman–Crippen MR) is 167 cm³/mol. The molecule has 12 nitrogen and oxygen atoms in total. The van der Waals surface area contributed by atoms with E-state index in [2.05, 4.69) is 34.5 Å². The minimum Gasteiger partial charge on any atom is -0.275 e. The first-order valence-corrected chi connectivity index (χ1v) is 16.3. The van der Waals surface area contributed by atoms with Gasteiger partial charge in [0.15, 0.2) is 0 Å². The number of rotatable bonds is 7. The summed E-state index contributed by atoms with van der Waals surface area (Å²) in [7, 11) is 3.67. The van der Waals surface area contributed by atoms with Crippen molar-refractivity contribution in [2.75, 3.05) is 27.2 Å². The summed E-state index contributed by atoms with van der Waals surface area (Å²) in [5.74, 6) is 0.741. The lowest BCUT2D eigenvalue weighted by Crippen LogP contribution is -2.44. The molecule has 0 spiro atoms. The van der Waals surface area contributed by atoms with Crippen molar-refractivity contribution in [1.29, 1.82) is 0 Å². The average molecular weight is 613 g/mol. The number of aromatic nitrogens is 8. The van der Waals surface area contributed by atoms with Gasteiger partial charge in [0, 0.05) is 83.0 Å². The van der Waals surface area contributed by atoms with Crippen LogP contribution < -0.4 is 0 Å². The lowest BCUT2D eigenvalue weighted by molar-refractivity contribution is 0.252. The molecule has 1 aliphatic heterocycles. The summed E-state index contributed by atoms with van der Waals surface area (Å²) < 4.78 is 33.6. The number of piperidine rings is 1. The molecule has 0 amide bonds. The molecule has 5 heterocycles. The van der Waals surface area contributed by atoms with Crippen molar-refractivity contribution >= 4 is 10.2 Å². The normalized spacial score (nSPS) is 15.9. The van der Waals surface area contributed by atoms with Gasteiger partial charge in [0.1, 0.15) is 5.82 Å². The minimum absolute atomic E-state index is 0.159. The second-order valence-electron chi connectivity index (χ2n) is 11.9. The first-order valence-electron chi connectivity index (χ1n) is 14.9. The van der Waals surface area contributed by atoms with Crippen LogP contribution in [-0.4, -0.2) is 83.5 Å². The molecule has 0 N–H and O–H groups in total. The fraction of sp³-hybridized carbons (Fsp3) is 0.387. The largest absolute Gasteiger partial charge is 0.281 e. The molecular weight excluding hydrogens is 576 g/mol. The molecule has 13 heteroatoms. The molecule has 4 aromatic heterocycles. The van der Waals surface area contributed by atoms with Gasteiger partial charge in [-0.2, -0.15) is 32.3 Å². The summed E-state index contributed by atoms with van der Waals surface area (Å²) in [5.41, 5.74) is 9.61. The van der Waals surface area contributed by atoms with E-state index < -0.39 is 10.2 Å². The lowest BCUT2D eigenvalue weighted by atomic mass is 9.91. The van der Waals surface area contributed by atoms with E-state index in [0.717, 1.165) is 82.0 Å². The van der Waals surface area contributed by atoms with Gasteiger partial charge in [-0.1, -0.05) is 24.3 Å². The van der Waals surface area contributed by atoms with Crippen LogP contribution in [0.25, 0.3) is 33.6 Å². The Hall–Kier alpha value is -4.20. The smallest absolute Gasteiger partial charge is 0.275 e. The van der Waals surface area contributed by atoms with Gasteiger partial charge in [-0.05, 0) is 42.4 Å². The summed E-state index contributed by atoms with van der Waals surface area (Å²) in [4.78, 5) is 9.83. The average Bonchev–Trinajstić information content (AvgIpc) is 3.75. The van der Waals surface area contributed by atoms with Crippen molar-refractivity contribution in [2.24, 2.45) is 14.1 Å². The maximum absolute atomic E-state index is 12.5. The number of benzene rings is 1. The van der Waals surface area contributed by atoms with E-state index in [1.54, 1.807) is 18.4 Å². The minimum atomic E-state index is -3.39. The first kappa shape index (κ1) is 28.6. The highest BCUT2D eigenvalue weighted by molar-refractivity contribution is 7.86. The van der Waals surface area contributed by atoms with Crippen LogP contribution in [0.5, 0.6) is 0 Å². The maximum atomic E-state index is 12.5. The van der Waals surface area contributed by atoms with E-state index >= 15 is 0 Å². The van der Waals surface area contributed by atoms with Crippen molar-refractivity contribution in [2.45, 2.75) is 38.1 Å². The van der Waals surface area contributed by atoms with Crippen LogP contribution in [0.4, 0.5) is 0 Å². The highest BCUT2D eigenvalue weighted by Gasteiger charge is 2.31. The zero-order chi connectivity index (χ0) is 30.6. The summed E-state index contributed by atoms with van der Waals surface area (Å²) in [6, 6.07) is 8.70. The summed E-state index contributed by atoms with van der Waals surface area (Å²) >= 11 is 0. The lowest BCUT2D eigenvalue weighted by Gasteiger charge is -2.32. The fourth-order valence-corrected chi connectivity index (χ4v) is 7.46. The molecule has 0 atom stereocenters. The number of nitrogens with zero attached hydrogens (tertiary/aromatic N) is 10. The van der Waals surface area contributed by atoms with Gasteiger partial charge < -0.3 is 0 Å². The Bertz CT molecular complexity index is 1930. The van der Waals surface area contributed by atoms with Crippen molar-refractivity contribution in [3.63, 3.8) is 0 Å². The molecular formula is C31H36N10O2S. The molecule has 1 aromatic carbocycles. The Morgan fingerprint density at radius 1 is 0.909 bits per heavy atom. The van der Waals surface area contributed by atoms with Crippen LogP contribution in [-0.2, 0) is 43.6 Å². The van der Waals surface area contributed by atoms with E-state index in [-0.39, 0.29) is 6.04 Å². The molecule has 1 saturated heterocycles. The molecule has 0 radical (unpaired) electrons. The summed E-state index contributed by atoms with van der Waals surface area (Å²) in [6.07, 6.45) is 13.5. The highest BCUT2D eigenvalue weighted by Crippen LogP contribution is 2.39. The van der Waals surface area contributed by atoms with Gasteiger partial charge in [-0.3, -0.25) is 14.0 Å². The molecule has 44 heavy (non-hydrogen) atoms. The fourth-order valence-electron chi connectivity index (χ4n) is 6.33. The van der Waals surface area contributed by atoms with Gasteiger partial charge >= 0.3 is 0 Å². The van der Waals surface area contributed by atoms with Crippen molar-refractivity contribution < 1.29 is 8.42 Å². The second kappa shape index (κ2) is 11.1. The van der Waals surface area contributed by atoms with Gasteiger partial charge in [-0.15, -0.1) is 0 Å². The molecule has 1 aliphatic carbocycles. The quantitative estimate of drug-likeness (QED) is 0.277. The zero-order valence-electron chi connectivity index (χ0n) is 25.4. The SMILES string of the molecule is CN(C)S(=O)(=O)N1CCC(n2cc(Cc3ncc4c(n3)-c3c(nn(C)c3-c3ccc(-c5cnn(C)c5)cc3)CC4)cn2)CC1. The van der Waals surface area contributed by atoms with Gasteiger partial charge in [0.2, 0.25) is 0 Å². The maximum Gasteiger partial charge on any atom is 0.281 e. The molecule has 0 unspecified atom stereocenters. The first-order chi connectivity index (χ1) is 21.2. The van der Waals surface area contributed by atoms with Crippen LogP contribution in [0.1, 0.15) is 41.5 Å². The van der Waals surface area contributed by atoms with Gasteiger partial charge in [0.05, 0.1) is 35.5 Å². The zero-order valence-corrected chi connectivity index (χ0v) is 26.2. The van der Waals surface area contributed by atoms with Gasteiger partial charge in [0.25, 0.3) is 10.2 Å². The molecule has 2 aliphatic rings. The Morgan fingerprint density at radius 3 is 2.36 bits per heavy atom. The third kappa shape index (κ3) is 5.14. The third-order valence-electron chi connectivity index (χ3n) is 8.70. The molecule has 228 valence electrons. The van der Waals surface area contributed by atoms with Crippen LogP contribution in [0.2, 0.25) is 0 Å². The molecule has 5 aromatic rings. The molecule has 7 rings (SSSR count). The number of fused-ring (bicyclic) bond motifs is 3. The Balaban J connectivity index is 1.12. The van der Waals surface area contributed by atoms with E-state index in [1.807, 2.05) is 59.1 Å².